The third kappa shape index (κ3) is 6.38. The quantitative estimate of drug-likeness (QED) is 0.527. The minimum atomic E-state index is -0.234. The van der Waals surface area contributed by atoms with E-state index in [1.807, 2.05) is 24.3 Å². The fourth-order valence-electron chi connectivity index (χ4n) is 3.32. The summed E-state index contributed by atoms with van der Waals surface area (Å²) in [7, 11) is 1.78. The molecule has 0 bridgehead atoms. The molecule has 0 radical (unpaired) electrons. The highest BCUT2D eigenvalue weighted by molar-refractivity contribution is 5.88. The zero-order valence-corrected chi connectivity index (χ0v) is 15.6. The van der Waals surface area contributed by atoms with Crippen molar-refractivity contribution in [3.63, 3.8) is 0 Å². The summed E-state index contributed by atoms with van der Waals surface area (Å²) in [5.74, 6) is 0.872. The van der Waals surface area contributed by atoms with Crippen molar-refractivity contribution in [3.8, 4) is 0 Å². The fraction of sp³-hybridized carbons (Fsp3) is 0.526. The van der Waals surface area contributed by atoms with Crippen LogP contribution >= 0.6 is 0 Å². The predicted octanol–water partition coefficient (Wildman–Crippen LogP) is 1.35. The van der Waals surface area contributed by atoms with E-state index in [0.717, 1.165) is 50.5 Å². The molecule has 7 nitrogen and oxygen atoms in total. The summed E-state index contributed by atoms with van der Waals surface area (Å²) in [6.45, 7) is 4.02. The van der Waals surface area contributed by atoms with Gasteiger partial charge in [-0.1, -0.05) is 12.1 Å². The van der Waals surface area contributed by atoms with Crippen LogP contribution in [0.25, 0.3) is 0 Å². The zero-order chi connectivity index (χ0) is 18.9. The smallest absolute Gasteiger partial charge is 0.221 e. The van der Waals surface area contributed by atoms with Gasteiger partial charge < -0.3 is 21.3 Å². The number of guanidine groups is 1. The molecule has 1 aromatic rings. The molecule has 0 saturated carbocycles. The minimum Gasteiger partial charge on any atom is -0.370 e. The van der Waals surface area contributed by atoms with E-state index in [-0.39, 0.29) is 11.8 Å². The van der Waals surface area contributed by atoms with E-state index in [2.05, 4.69) is 20.5 Å². The number of carbonyl (C=O) groups excluding carboxylic acids is 2. The number of anilines is 1. The van der Waals surface area contributed by atoms with Crippen molar-refractivity contribution in [1.29, 1.82) is 0 Å². The lowest BCUT2D eigenvalue weighted by atomic mass is 9.95. The second-order valence-corrected chi connectivity index (χ2v) is 6.73. The van der Waals surface area contributed by atoms with E-state index < -0.39 is 0 Å². The average molecular weight is 359 g/mol. The van der Waals surface area contributed by atoms with Gasteiger partial charge in [-0.3, -0.25) is 14.6 Å². The maximum absolute atomic E-state index is 11.2. The molecule has 1 fully saturated rings. The number of carbonyl (C=O) groups is 2. The van der Waals surface area contributed by atoms with E-state index in [0.29, 0.717) is 12.3 Å². The first-order valence-electron chi connectivity index (χ1n) is 9.08. The van der Waals surface area contributed by atoms with Crippen molar-refractivity contribution < 1.29 is 9.59 Å². The van der Waals surface area contributed by atoms with E-state index in [9.17, 15) is 9.59 Å². The number of piperidine rings is 1. The maximum Gasteiger partial charge on any atom is 0.221 e. The number of benzene rings is 1. The van der Waals surface area contributed by atoms with Crippen molar-refractivity contribution >= 4 is 23.5 Å². The molecule has 1 atom stereocenters. The molecular weight excluding hydrogens is 330 g/mol. The first kappa shape index (κ1) is 19.8. The molecule has 1 aliphatic rings. The SMILES string of the molecule is CN=C(NCCc1ccc(NC(C)=O)cc1)N1CCCC(CC(N)=O)C1. The number of amides is 2. The van der Waals surface area contributed by atoms with Gasteiger partial charge in [-0.25, -0.2) is 0 Å². The maximum atomic E-state index is 11.2. The van der Waals surface area contributed by atoms with Crippen LogP contribution in [0.5, 0.6) is 0 Å². The van der Waals surface area contributed by atoms with E-state index >= 15 is 0 Å². The average Bonchev–Trinajstić information content (AvgIpc) is 2.59. The van der Waals surface area contributed by atoms with Crippen LogP contribution in [0.2, 0.25) is 0 Å². The van der Waals surface area contributed by atoms with Crippen molar-refractivity contribution in [3.05, 3.63) is 29.8 Å². The van der Waals surface area contributed by atoms with Crippen LogP contribution in [-0.2, 0) is 16.0 Å². The lowest BCUT2D eigenvalue weighted by Crippen LogP contribution is -2.47. The summed E-state index contributed by atoms with van der Waals surface area (Å²) in [5.41, 5.74) is 7.32. The number of rotatable bonds is 6. The first-order valence-corrected chi connectivity index (χ1v) is 9.08. The minimum absolute atomic E-state index is 0.0700. The Morgan fingerprint density at radius 3 is 2.65 bits per heavy atom. The third-order valence-electron chi connectivity index (χ3n) is 4.49. The van der Waals surface area contributed by atoms with Gasteiger partial charge in [0.25, 0.3) is 0 Å². The van der Waals surface area contributed by atoms with E-state index in [4.69, 9.17) is 5.73 Å². The molecule has 1 heterocycles. The van der Waals surface area contributed by atoms with Crippen molar-refractivity contribution in [2.45, 2.75) is 32.6 Å². The van der Waals surface area contributed by atoms with Gasteiger partial charge >= 0.3 is 0 Å². The molecule has 1 unspecified atom stereocenters. The number of nitrogens with two attached hydrogens (primary N) is 1. The molecule has 1 aliphatic heterocycles. The van der Waals surface area contributed by atoms with Gasteiger partial charge in [0.15, 0.2) is 5.96 Å². The first-order chi connectivity index (χ1) is 12.5. The molecule has 2 amide bonds. The van der Waals surface area contributed by atoms with Crippen molar-refractivity contribution in [2.24, 2.45) is 16.6 Å². The number of nitrogens with one attached hydrogen (secondary N) is 2. The van der Waals surface area contributed by atoms with Gasteiger partial charge in [-0.05, 0) is 42.9 Å². The Hall–Kier alpha value is -2.57. The third-order valence-corrected chi connectivity index (χ3v) is 4.49. The molecule has 1 saturated heterocycles. The van der Waals surface area contributed by atoms with Crippen LogP contribution in [0, 0.1) is 5.92 Å². The van der Waals surface area contributed by atoms with Crippen LogP contribution in [0.4, 0.5) is 5.69 Å². The van der Waals surface area contributed by atoms with E-state index in [1.165, 1.54) is 12.5 Å². The highest BCUT2D eigenvalue weighted by Gasteiger charge is 2.23. The molecule has 26 heavy (non-hydrogen) atoms. The number of hydrogen-bond acceptors (Lipinski definition) is 3. The number of nitrogens with zero attached hydrogens (tertiary/aromatic N) is 2. The van der Waals surface area contributed by atoms with Gasteiger partial charge in [-0.15, -0.1) is 0 Å². The molecule has 2 rings (SSSR count). The van der Waals surface area contributed by atoms with Crippen LogP contribution in [0.1, 0.15) is 31.7 Å². The summed E-state index contributed by atoms with van der Waals surface area (Å²) in [5, 5.41) is 6.16. The van der Waals surface area contributed by atoms with Crippen molar-refractivity contribution in [1.82, 2.24) is 10.2 Å². The molecule has 142 valence electrons. The van der Waals surface area contributed by atoms with E-state index in [1.54, 1.807) is 7.05 Å². The van der Waals surface area contributed by atoms with Crippen LogP contribution in [0.3, 0.4) is 0 Å². The Morgan fingerprint density at radius 1 is 1.31 bits per heavy atom. The monoisotopic (exact) mass is 359 g/mol. The molecule has 4 N–H and O–H groups in total. The highest BCUT2D eigenvalue weighted by Crippen LogP contribution is 2.19. The summed E-state index contributed by atoms with van der Waals surface area (Å²) < 4.78 is 0. The van der Waals surface area contributed by atoms with Gasteiger partial charge in [0.1, 0.15) is 0 Å². The van der Waals surface area contributed by atoms with Crippen LogP contribution < -0.4 is 16.4 Å². The summed E-state index contributed by atoms with van der Waals surface area (Å²) in [4.78, 5) is 28.8. The zero-order valence-electron chi connectivity index (χ0n) is 15.6. The molecular formula is C19H29N5O2. The van der Waals surface area contributed by atoms with Gasteiger partial charge in [0, 0.05) is 45.7 Å². The number of hydrogen-bond donors (Lipinski definition) is 3. The second kappa shape index (κ2) is 9.79. The fourth-order valence-corrected chi connectivity index (χ4v) is 3.32. The Labute approximate surface area is 155 Å². The largest absolute Gasteiger partial charge is 0.370 e. The summed E-state index contributed by atoms with van der Waals surface area (Å²) in [6.07, 6.45) is 3.38. The van der Waals surface area contributed by atoms with Gasteiger partial charge in [-0.2, -0.15) is 0 Å². The molecule has 0 aliphatic carbocycles. The van der Waals surface area contributed by atoms with Crippen molar-refractivity contribution in [2.75, 3.05) is 32.0 Å². The molecule has 0 spiro atoms. The van der Waals surface area contributed by atoms with Crippen LogP contribution in [0.15, 0.2) is 29.3 Å². The predicted molar refractivity (Wildman–Crippen MR) is 104 cm³/mol. The molecule has 0 aromatic heterocycles. The van der Waals surface area contributed by atoms with Gasteiger partial charge in [0.2, 0.25) is 11.8 Å². The van der Waals surface area contributed by atoms with Crippen LogP contribution in [-0.4, -0.2) is 49.4 Å². The lowest BCUT2D eigenvalue weighted by Gasteiger charge is -2.34. The normalized spacial score (nSPS) is 17.7. The Balaban J connectivity index is 1.81. The Morgan fingerprint density at radius 2 is 2.04 bits per heavy atom. The molecule has 1 aromatic carbocycles. The Bertz CT molecular complexity index is 642. The second-order valence-electron chi connectivity index (χ2n) is 6.73. The molecule has 7 heteroatoms. The Kier molecular flexibility index (Phi) is 7.44. The number of primary amides is 1. The number of aliphatic imine (C=N–C) groups is 1. The lowest BCUT2D eigenvalue weighted by molar-refractivity contribution is -0.119. The number of likely N-dealkylation sites (tertiary alicyclic amines) is 1. The summed E-state index contributed by atoms with van der Waals surface area (Å²) in [6, 6.07) is 7.84. The summed E-state index contributed by atoms with van der Waals surface area (Å²) >= 11 is 0. The highest BCUT2D eigenvalue weighted by atomic mass is 16.1. The topological polar surface area (TPSA) is 99.8 Å². The van der Waals surface area contributed by atoms with Gasteiger partial charge in [0.05, 0.1) is 0 Å². The standard InChI is InChI=1S/C19H29N5O2/c1-14(25)23-17-7-5-15(6-8-17)9-10-22-19(21-2)24-11-3-4-16(13-24)12-18(20)26/h5-8,16H,3-4,9-13H2,1-2H3,(H2,20,26)(H,21,22)(H,23,25).